The lowest BCUT2D eigenvalue weighted by Crippen LogP contribution is -2.50. The second kappa shape index (κ2) is 7.67. The van der Waals surface area contributed by atoms with E-state index in [1.54, 1.807) is 7.11 Å². The van der Waals surface area contributed by atoms with E-state index in [-0.39, 0.29) is 23.5 Å². The number of ether oxygens (including phenoxy) is 1. The van der Waals surface area contributed by atoms with Crippen LogP contribution < -0.4 is 10.6 Å². The molecule has 5 nitrogen and oxygen atoms in total. The van der Waals surface area contributed by atoms with Gasteiger partial charge in [0, 0.05) is 12.5 Å². The van der Waals surface area contributed by atoms with Crippen LogP contribution >= 0.6 is 0 Å². The molecule has 0 bridgehead atoms. The minimum atomic E-state index is -0.0495. The van der Waals surface area contributed by atoms with Gasteiger partial charge in [-0.25, -0.2) is 0 Å². The van der Waals surface area contributed by atoms with E-state index in [0.29, 0.717) is 6.54 Å². The van der Waals surface area contributed by atoms with Gasteiger partial charge in [0.15, 0.2) is 0 Å². The average Bonchev–Trinajstić information content (AvgIpc) is 2.92. The van der Waals surface area contributed by atoms with Crippen molar-refractivity contribution in [1.29, 1.82) is 0 Å². The van der Waals surface area contributed by atoms with E-state index in [1.807, 2.05) is 0 Å². The van der Waals surface area contributed by atoms with Gasteiger partial charge in [0.1, 0.15) is 0 Å². The summed E-state index contributed by atoms with van der Waals surface area (Å²) in [6.07, 6.45) is 5.82. The molecule has 2 saturated heterocycles. The maximum absolute atomic E-state index is 12.8. The molecule has 0 unspecified atom stereocenters. The molecule has 0 aromatic heterocycles. The zero-order valence-corrected chi connectivity index (χ0v) is 15.8. The number of nitrogens with one attached hydrogen (secondary N) is 2. The number of hydrogen-bond donors (Lipinski definition) is 2. The average molecular weight is 357 g/mol. The van der Waals surface area contributed by atoms with Crippen LogP contribution in [0.2, 0.25) is 0 Å². The molecule has 4 rings (SSSR count). The standard InChI is InChI=1S/C21H31N3O2/c1-26-20-19(23-18(25)15-24-13-5-2-6-14-24)16-7-3-4-8-17(16)21(20)9-11-22-12-10-21/h3-4,7-8,19-20,22H,2,5-6,9-15H2,1H3,(H,23,25)/t19-,20+/m1/s1. The Hall–Kier alpha value is -1.43. The Labute approximate surface area is 156 Å². The Kier molecular flexibility index (Phi) is 5.30. The summed E-state index contributed by atoms with van der Waals surface area (Å²) in [5.41, 5.74) is 2.63. The van der Waals surface area contributed by atoms with Crippen LogP contribution in [0.3, 0.4) is 0 Å². The van der Waals surface area contributed by atoms with E-state index in [2.05, 4.69) is 39.8 Å². The minimum Gasteiger partial charge on any atom is -0.378 e. The SMILES string of the molecule is CO[C@H]1[C@H](NC(=O)CN2CCCCC2)c2ccccc2C12CCNCC2. The number of nitrogens with zero attached hydrogens (tertiary/aromatic N) is 1. The maximum Gasteiger partial charge on any atom is 0.234 e. The number of fused-ring (bicyclic) bond motifs is 2. The first kappa shape index (κ1) is 18.0. The number of carbonyl (C=O) groups is 1. The molecule has 1 aromatic carbocycles. The normalized spacial score (nSPS) is 28.0. The number of hydrogen-bond acceptors (Lipinski definition) is 4. The molecule has 1 aromatic rings. The molecule has 1 amide bonds. The highest BCUT2D eigenvalue weighted by molar-refractivity contribution is 5.79. The smallest absolute Gasteiger partial charge is 0.234 e. The van der Waals surface area contributed by atoms with Gasteiger partial charge in [-0.2, -0.15) is 0 Å². The molecule has 2 N–H and O–H groups in total. The van der Waals surface area contributed by atoms with Gasteiger partial charge in [0.25, 0.3) is 0 Å². The predicted molar refractivity (Wildman–Crippen MR) is 102 cm³/mol. The molecule has 0 saturated carbocycles. The monoisotopic (exact) mass is 357 g/mol. The van der Waals surface area contributed by atoms with Crippen molar-refractivity contribution < 1.29 is 9.53 Å². The van der Waals surface area contributed by atoms with Crippen molar-refractivity contribution >= 4 is 5.91 Å². The summed E-state index contributed by atoms with van der Waals surface area (Å²) in [5.74, 6) is 0.125. The van der Waals surface area contributed by atoms with Gasteiger partial charge in [0.05, 0.1) is 18.7 Å². The molecule has 26 heavy (non-hydrogen) atoms. The van der Waals surface area contributed by atoms with Crippen LogP contribution in [0.15, 0.2) is 24.3 Å². The lowest BCUT2D eigenvalue weighted by Gasteiger charge is -2.40. The van der Waals surface area contributed by atoms with E-state index in [4.69, 9.17) is 4.74 Å². The molecular formula is C21H31N3O2. The zero-order chi connectivity index (χ0) is 18.0. The van der Waals surface area contributed by atoms with Gasteiger partial charge < -0.3 is 15.4 Å². The van der Waals surface area contributed by atoms with Gasteiger partial charge in [0.2, 0.25) is 5.91 Å². The number of piperidine rings is 2. The van der Waals surface area contributed by atoms with Crippen molar-refractivity contribution in [1.82, 2.24) is 15.5 Å². The van der Waals surface area contributed by atoms with Crippen molar-refractivity contribution in [3.8, 4) is 0 Å². The lowest BCUT2D eigenvalue weighted by atomic mass is 9.72. The van der Waals surface area contributed by atoms with E-state index in [9.17, 15) is 4.79 Å². The Morgan fingerprint density at radius 1 is 1.23 bits per heavy atom. The molecule has 1 aliphatic carbocycles. The van der Waals surface area contributed by atoms with Crippen molar-refractivity contribution in [2.45, 2.75) is 49.7 Å². The van der Waals surface area contributed by atoms with Crippen molar-refractivity contribution in [2.75, 3.05) is 39.8 Å². The van der Waals surface area contributed by atoms with Gasteiger partial charge in [-0.05, 0) is 63.0 Å². The van der Waals surface area contributed by atoms with Crippen molar-refractivity contribution in [2.24, 2.45) is 0 Å². The Morgan fingerprint density at radius 3 is 2.69 bits per heavy atom. The summed E-state index contributed by atoms with van der Waals surface area (Å²) >= 11 is 0. The predicted octanol–water partition coefficient (Wildman–Crippen LogP) is 1.98. The van der Waals surface area contributed by atoms with Gasteiger partial charge in [-0.3, -0.25) is 9.69 Å². The fourth-order valence-corrected chi connectivity index (χ4v) is 5.34. The molecule has 3 aliphatic rings. The van der Waals surface area contributed by atoms with E-state index < -0.39 is 0 Å². The molecule has 5 heteroatoms. The van der Waals surface area contributed by atoms with Crippen LogP contribution in [0.25, 0.3) is 0 Å². The molecule has 2 atom stereocenters. The highest BCUT2D eigenvalue weighted by Gasteiger charge is 2.53. The third kappa shape index (κ3) is 3.17. The molecule has 1 spiro atoms. The number of benzene rings is 1. The number of methoxy groups -OCH3 is 1. The molecule has 2 heterocycles. The van der Waals surface area contributed by atoms with E-state index >= 15 is 0 Å². The van der Waals surface area contributed by atoms with Crippen LogP contribution in [0.1, 0.15) is 49.3 Å². The maximum atomic E-state index is 12.8. The largest absolute Gasteiger partial charge is 0.378 e. The fourth-order valence-electron chi connectivity index (χ4n) is 5.34. The molecule has 2 fully saturated rings. The fraction of sp³-hybridized carbons (Fsp3) is 0.667. The van der Waals surface area contributed by atoms with Crippen molar-refractivity contribution in [3.05, 3.63) is 35.4 Å². The van der Waals surface area contributed by atoms with Crippen LogP contribution in [0.4, 0.5) is 0 Å². The Balaban J connectivity index is 1.55. The van der Waals surface area contributed by atoms with E-state index in [0.717, 1.165) is 39.0 Å². The minimum absolute atomic E-state index is 0.00676. The molecular weight excluding hydrogens is 326 g/mol. The quantitative estimate of drug-likeness (QED) is 0.865. The van der Waals surface area contributed by atoms with Crippen LogP contribution in [0.5, 0.6) is 0 Å². The Bertz CT molecular complexity index is 636. The number of likely N-dealkylation sites (tertiary alicyclic amines) is 1. The third-order valence-corrected chi connectivity index (χ3v) is 6.56. The zero-order valence-electron chi connectivity index (χ0n) is 15.8. The van der Waals surface area contributed by atoms with Gasteiger partial charge >= 0.3 is 0 Å². The number of amides is 1. The summed E-state index contributed by atoms with van der Waals surface area (Å²) in [7, 11) is 1.80. The summed E-state index contributed by atoms with van der Waals surface area (Å²) < 4.78 is 6.03. The van der Waals surface area contributed by atoms with Gasteiger partial charge in [-0.15, -0.1) is 0 Å². The summed E-state index contributed by atoms with van der Waals surface area (Å²) in [4.78, 5) is 15.1. The van der Waals surface area contributed by atoms with E-state index in [1.165, 1.54) is 30.4 Å². The second-order valence-electron chi connectivity index (χ2n) is 8.03. The van der Waals surface area contributed by atoms with Crippen LogP contribution in [-0.2, 0) is 14.9 Å². The summed E-state index contributed by atoms with van der Waals surface area (Å²) in [5, 5.41) is 6.80. The summed E-state index contributed by atoms with van der Waals surface area (Å²) in [6, 6.07) is 8.56. The van der Waals surface area contributed by atoms with Crippen LogP contribution in [0, 0.1) is 0 Å². The van der Waals surface area contributed by atoms with Crippen LogP contribution in [-0.4, -0.2) is 56.7 Å². The topological polar surface area (TPSA) is 53.6 Å². The second-order valence-corrected chi connectivity index (χ2v) is 8.03. The third-order valence-electron chi connectivity index (χ3n) is 6.56. The highest BCUT2D eigenvalue weighted by atomic mass is 16.5. The molecule has 0 radical (unpaired) electrons. The van der Waals surface area contributed by atoms with Gasteiger partial charge in [-0.1, -0.05) is 30.7 Å². The first-order chi connectivity index (χ1) is 12.7. The molecule has 2 aliphatic heterocycles. The lowest BCUT2D eigenvalue weighted by molar-refractivity contribution is -0.124. The number of carbonyl (C=O) groups excluding carboxylic acids is 1. The summed E-state index contributed by atoms with van der Waals surface area (Å²) in [6.45, 7) is 4.59. The van der Waals surface area contributed by atoms with Crippen molar-refractivity contribution in [3.63, 3.8) is 0 Å². The number of rotatable bonds is 4. The first-order valence-electron chi connectivity index (χ1n) is 10.1. The Morgan fingerprint density at radius 2 is 1.96 bits per heavy atom. The first-order valence-corrected chi connectivity index (χ1v) is 10.1. The molecule has 142 valence electrons. The highest BCUT2D eigenvalue weighted by Crippen LogP contribution is 2.51.